The van der Waals surface area contributed by atoms with E-state index in [4.69, 9.17) is 15.2 Å². The Kier molecular flexibility index (Phi) is 6.19. The van der Waals surface area contributed by atoms with E-state index in [2.05, 4.69) is 0 Å². The van der Waals surface area contributed by atoms with E-state index >= 15 is 0 Å². The molecule has 2 aromatic carbocycles. The van der Waals surface area contributed by atoms with Gasteiger partial charge in [0.15, 0.2) is 5.75 Å². The SMILES string of the molecule is COc1cc(C)ccc1N.COc1cc(C)ccc1[N+](=O)[O-]. The Hall–Kier alpha value is -2.76. The predicted octanol–water partition coefficient (Wildman–Crippen LogP) is 3.50. The first kappa shape index (κ1) is 17.3. The minimum atomic E-state index is -0.460. The number of nitro benzene ring substituents is 1. The van der Waals surface area contributed by atoms with Gasteiger partial charge in [-0.15, -0.1) is 0 Å². The monoisotopic (exact) mass is 304 g/mol. The Morgan fingerprint density at radius 1 is 0.955 bits per heavy atom. The lowest BCUT2D eigenvalue weighted by atomic mass is 10.2. The van der Waals surface area contributed by atoms with Crippen LogP contribution in [0.4, 0.5) is 11.4 Å². The van der Waals surface area contributed by atoms with Crippen molar-refractivity contribution in [3.8, 4) is 11.5 Å². The number of hydrogen-bond acceptors (Lipinski definition) is 5. The van der Waals surface area contributed by atoms with Crippen LogP contribution in [0, 0.1) is 24.0 Å². The lowest BCUT2D eigenvalue weighted by Crippen LogP contribution is -1.93. The molecule has 0 atom stereocenters. The number of ether oxygens (including phenoxy) is 2. The first-order valence-corrected chi connectivity index (χ1v) is 6.58. The average molecular weight is 304 g/mol. The van der Waals surface area contributed by atoms with E-state index in [-0.39, 0.29) is 5.69 Å². The molecule has 2 N–H and O–H groups in total. The van der Waals surface area contributed by atoms with Crippen LogP contribution in [-0.2, 0) is 0 Å². The molecule has 6 nitrogen and oxygen atoms in total. The first-order valence-electron chi connectivity index (χ1n) is 6.58. The van der Waals surface area contributed by atoms with Gasteiger partial charge in [-0.1, -0.05) is 12.1 Å². The van der Waals surface area contributed by atoms with Crippen molar-refractivity contribution in [2.45, 2.75) is 13.8 Å². The Bertz CT molecular complexity index is 657. The van der Waals surface area contributed by atoms with Crippen molar-refractivity contribution in [2.75, 3.05) is 20.0 Å². The van der Waals surface area contributed by atoms with Gasteiger partial charge in [-0.2, -0.15) is 0 Å². The summed E-state index contributed by atoms with van der Waals surface area (Å²) in [4.78, 5) is 9.96. The number of nitrogen functional groups attached to an aromatic ring is 1. The van der Waals surface area contributed by atoms with E-state index in [1.54, 1.807) is 19.2 Å². The number of nitrogens with two attached hydrogens (primary N) is 1. The van der Waals surface area contributed by atoms with Gasteiger partial charge in [-0.3, -0.25) is 10.1 Å². The molecule has 0 fully saturated rings. The van der Waals surface area contributed by atoms with E-state index < -0.39 is 4.92 Å². The summed E-state index contributed by atoms with van der Waals surface area (Å²) in [6.45, 7) is 3.86. The van der Waals surface area contributed by atoms with Crippen molar-refractivity contribution < 1.29 is 14.4 Å². The van der Waals surface area contributed by atoms with Gasteiger partial charge in [0, 0.05) is 6.07 Å². The Balaban J connectivity index is 0.000000224. The maximum absolute atomic E-state index is 10.4. The lowest BCUT2D eigenvalue weighted by molar-refractivity contribution is -0.385. The fourth-order valence-electron chi connectivity index (χ4n) is 1.75. The molecule has 2 aromatic rings. The average Bonchev–Trinajstić information content (AvgIpc) is 2.49. The molecule has 0 aliphatic heterocycles. The van der Waals surface area contributed by atoms with Gasteiger partial charge in [0.05, 0.1) is 24.8 Å². The number of benzene rings is 2. The number of hydrogen-bond donors (Lipinski definition) is 1. The fraction of sp³-hybridized carbons (Fsp3) is 0.250. The third kappa shape index (κ3) is 4.66. The zero-order valence-electron chi connectivity index (χ0n) is 13.1. The molecule has 118 valence electrons. The number of anilines is 1. The standard InChI is InChI=1S/C8H9NO3.C8H11NO/c1-6-3-4-7(9(10)11)8(5-6)12-2;1-6-3-4-7(9)8(5-6)10-2/h3-5H,1-2H3;3-5H,9H2,1-2H3. The molecule has 0 bridgehead atoms. The van der Waals surface area contributed by atoms with Crippen LogP contribution in [-0.4, -0.2) is 19.1 Å². The highest BCUT2D eigenvalue weighted by Gasteiger charge is 2.12. The molecule has 0 saturated carbocycles. The highest BCUT2D eigenvalue weighted by Crippen LogP contribution is 2.26. The molecular formula is C16H20N2O4. The van der Waals surface area contributed by atoms with Gasteiger partial charge >= 0.3 is 5.69 Å². The van der Waals surface area contributed by atoms with E-state index in [0.29, 0.717) is 11.4 Å². The minimum absolute atomic E-state index is 0.00287. The highest BCUT2D eigenvalue weighted by atomic mass is 16.6. The molecular weight excluding hydrogens is 284 g/mol. The van der Waals surface area contributed by atoms with Crippen LogP contribution in [0.2, 0.25) is 0 Å². The Morgan fingerprint density at radius 3 is 1.91 bits per heavy atom. The molecule has 0 amide bonds. The zero-order valence-corrected chi connectivity index (χ0v) is 13.1. The molecule has 2 rings (SSSR count). The van der Waals surface area contributed by atoms with Crippen LogP contribution >= 0.6 is 0 Å². The number of nitrogens with zero attached hydrogens (tertiary/aromatic N) is 1. The zero-order chi connectivity index (χ0) is 16.7. The van der Waals surface area contributed by atoms with Crippen LogP contribution in [0.1, 0.15) is 11.1 Å². The van der Waals surface area contributed by atoms with Gasteiger partial charge in [0.2, 0.25) is 0 Å². The van der Waals surface area contributed by atoms with Gasteiger partial charge < -0.3 is 15.2 Å². The quantitative estimate of drug-likeness (QED) is 0.532. The van der Waals surface area contributed by atoms with Gasteiger partial charge in [0.25, 0.3) is 0 Å². The second-order valence-corrected chi connectivity index (χ2v) is 4.68. The summed E-state index contributed by atoms with van der Waals surface area (Å²) in [6.07, 6.45) is 0. The van der Waals surface area contributed by atoms with Crippen molar-refractivity contribution in [1.29, 1.82) is 0 Å². The van der Waals surface area contributed by atoms with Crippen LogP contribution in [0.5, 0.6) is 11.5 Å². The van der Waals surface area contributed by atoms with Crippen molar-refractivity contribution in [1.82, 2.24) is 0 Å². The van der Waals surface area contributed by atoms with Crippen molar-refractivity contribution in [2.24, 2.45) is 0 Å². The molecule has 22 heavy (non-hydrogen) atoms. The summed E-state index contributed by atoms with van der Waals surface area (Å²) >= 11 is 0. The predicted molar refractivity (Wildman–Crippen MR) is 86.5 cm³/mol. The smallest absolute Gasteiger partial charge is 0.310 e. The number of methoxy groups -OCH3 is 2. The maximum atomic E-state index is 10.4. The van der Waals surface area contributed by atoms with Crippen molar-refractivity contribution >= 4 is 11.4 Å². The maximum Gasteiger partial charge on any atom is 0.310 e. The highest BCUT2D eigenvalue weighted by molar-refractivity contribution is 5.53. The first-order chi connectivity index (χ1) is 10.4. The van der Waals surface area contributed by atoms with Crippen LogP contribution < -0.4 is 15.2 Å². The van der Waals surface area contributed by atoms with Gasteiger partial charge in [-0.05, 0) is 43.2 Å². The lowest BCUT2D eigenvalue weighted by Gasteiger charge is -2.03. The van der Waals surface area contributed by atoms with Crippen molar-refractivity contribution in [3.63, 3.8) is 0 Å². The summed E-state index contributed by atoms with van der Waals surface area (Å²) in [7, 11) is 3.03. The topological polar surface area (TPSA) is 87.6 Å². The summed E-state index contributed by atoms with van der Waals surface area (Å²) in [5.41, 5.74) is 8.37. The molecule has 0 aliphatic carbocycles. The Labute approximate surface area is 129 Å². The van der Waals surface area contributed by atoms with E-state index in [1.807, 2.05) is 32.0 Å². The molecule has 0 aromatic heterocycles. The minimum Gasteiger partial charge on any atom is -0.495 e. The Morgan fingerprint density at radius 2 is 1.45 bits per heavy atom. The van der Waals surface area contributed by atoms with Crippen LogP contribution in [0.15, 0.2) is 36.4 Å². The second kappa shape index (κ2) is 7.87. The number of nitro groups is 1. The number of rotatable bonds is 3. The van der Waals surface area contributed by atoms with Crippen molar-refractivity contribution in [3.05, 3.63) is 57.6 Å². The van der Waals surface area contributed by atoms with Crippen LogP contribution in [0.25, 0.3) is 0 Å². The summed E-state index contributed by atoms with van der Waals surface area (Å²) in [6, 6.07) is 10.5. The molecule has 6 heteroatoms. The largest absolute Gasteiger partial charge is 0.495 e. The summed E-state index contributed by atoms with van der Waals surface area (Å²) < 4.78 is 9.85. The number of aryl methyl sites for hydroxylation is 2. The normalized spacial score (nSPS) is 9.45. The third-order valence-electron chi connectivity index (χ3n) is 2.92. The molecule has 0 spiro atoms. The molecule has 0 unspecified atom stereocenters. The van der Waals surface area contributed by atoms with Crippen LogP contribution in [0.3, 0.4) is 0 Å². The summed E-state index contributed by atoms with van der Waals surface area (Å²) in [5, 5.41) is 10.4. The van der Waals surface area contributed by atoms with Gasteiger partial charge in [-0.25, -0.2) is 0 Å². The molecule has 0 aliphatic rings. The third-order valence-corrected chi connectivity index (χ3v) is 2.92. The van der Waals surface area contributed by atoms with E-state index in [0.717, 1.165) is 16.9 Å². The molecule has 0 heterocycles. The molecule has 0 saturated heterocycles. The fourth-order valence-corrected chi connectivity index (χ4v) is 1.75. The van der Waals surface area contributed by atoms with Gasteiger partial charge in [0.1, 0.15) is 5.75 Å². The summed E-state index contributed by atoms with van der Waals surface area (Å²) in [5.74, 6) is 1.06. The second-order valence-electron chi connectivity index (χ2n) is 4.68. The van der Waals surface area contributed by atoms with E-state index in [9.17, 15) is 10.1 Å². The van der Waals surface area contributed by atoms with E-state index in [1.165, 1.54) is 13.2 Å². The molecule has 0 radical (unpaired) electrons.